The Bertz CT molecular complexity index is 2210. The number of hydrogen-bond acceptors (Lipinski definition) is 7. The third kappa shape index (κ3) is 5.61. The number of thioether (sulfide) groups is 1. The average Bonchev–Trinajstić information content (AvgIpc) is 3.82. The van der Waals surface area contributed by atoms with Crippen LogP contribution in [0, 0.1) is 29.6 Å². The van der Waals surface area contributed by atoms with Gasteiger partial charge < -0.3 is 15.0 Å². The van der Waals surface area contributed by atoms with Crippen LogP contribution in [0.4, 0.5) is 37.7 Å². The van der Waals surface area contributed by atoms with E-state index in [-0.39, 0.29) is 20.9 Å². The highest BCUT2D eigenvalue weighted by Gasteiger charge is 2.70. The minimum atomic E-state index is -4.81. The third-order valence-electron chi connectivity index (χ3n) is 10.3. The van der Waals surface area contributed by atoms with Gasteiger partial charge in [0.25, 0.3) is 5.91 Å². The Morgan fingerprint density at radius 2 is 1.56 bits per heavy atom. The number of nitrogens with one attached hydrogen (secondary N) is 2. The van der Waals surface area contributed by atoms with Crippen molar-refractivity contribution in [3.63, 3.8) is 0 Å². The first-order valence-corrected chi connectivity index (χ1v) is 18.0. The number of carbonyl (C=O) groups excluding carboxylic acids is 3. The van der Waals surface area contributed by atoms with Crippen LogP contribution < -0.4 is 19.8 Å². The second kappa shape index (κ2) is 12.4. The Hall–Kier alpha value is -4.28. The molecule has 1 aromatic heterocycles. The minimum Gasteiger partial charge on any atom is -0.483 e. The predicted molar refractivity (Wildman–Crippen MR) is 179 cm³/mol. The Kier molecular flexibility index (Phi) is 8.30. The van der Waals surface area contributed by atoms with Crippen LogP contribution in [0.5, 0.6) is 5.75 Å². The van der Waals surface area contributed by atoms with Crippen LogP contribution in [-0.4, -0.2) is 34.6 Å². The molecule has 8 nitrogen and oxygen atoms in total. The summed E-state index contributed by atoms with van der Waals surface area (Å²) in [5.41, 5.74) is -2.65. The van der Waals surface area contributed by atoms with Gasteiger partial charge in [0.2, 0.25) is 11.8 Å². The monoisotopic (exact) mass is 779 g/mol. The van der Waals surface area contributed by atoms with Gasteiger partial charge in [-0.25, -0.2) is 4.90 Å². The molecule has 2 saturated carbocycles. The third-order valence-corrected chi connectivity index (χ3v) is 13.2. The molecule has 0 spiro atoms. The van der Waals surface area contributed by atoms with Crippen molar-refractivity contribution in [2.24, 2.45) is 29.6 Å². The van der Waals surface area contributed by atoms with Gasteiger partial charge in [-0.3, -0.25) is 19.2 Å². The summed E-state index contributed by atoms with van der Waals surface area (Å²) in [7, 11) is 0. The molecule has 2 aliphatic carbocycles. The fourth-order valence-electron chi connectivity index (χ4n) is 8.57. The SMILES string of the molecule is O=C(COc1ccc(Cl)cc1[C@H]1c2sc(=O)[nH]c2SC2C1[C@H]1C[C@@H]2C2C(=O)N(c3ccccc3C(F)(F)F)C(=O)C21)Nc1ccccc1C(F)(F)F. The number of halogens is 7. The maximum Gasteiger partial charge on any atom is 0.418 e. The lowest BCUT2D eigenvalue weighted by atomic mass is 9.68. The molecule has 2 aliphatic heterocycles. The number of ether oxygens (including phenoxy) is 1. The van der Waals surface area contributed by atoms with Crippen molar-refractivity contribution in [2.45, 2.75) is 35.0 Å². The molecule has 8 rings (SSSR count). The summed E-state index contributed by atoms with van der Waals surface area (Å²) in [5, 5.41) is 2.71. The van der Waals surface area contributed by atoms with E-state index in [2.05, 4.69) is 10.3 Å². The first kappa shape index (κ1) is 34.8. The molecule has 270 valence electrons. The number of aromatic nitrogens is 1. The number of amides is 3. The summed E-state index contributed by atoms with van der Waals surface area (Å²) < 4.78 is 88.6. The molecule has 17 heteroatoms. The standard InChI is InChI=1S/C35H24ClF6N3O5S2/c36-14-9-10-22(50-13-23(46)43-20-7-3-1-5-18(20)34(37,38)39)15(11-14)24-25-16-12-17(28(25)51-30-29(24)52-33(49)44-30)27-26(16)31(47)45(32(27)48)21-8-4-2-6-19(21)35(40,41)42/h1-11,16-17,24-28H,12-13H2,(H,43,46)(H,44,49)/t16-,17-,24-,25?,26?,27?,28?/m1/s1. The molecule has 3 amide bonds. The molecular weight excluding hydrogens is 756 g/mol. The number of benzene rings is 3. The van der Waals surface area contributed by atoms with Crippen LogP contribution in [-0.2, 0) is 26.7 Å². The highest BCUT2D eigenvalue weighted by atomic mass is 35.5. The zero-order valence-corrected chi connectivity index (χ0v) is 28.6. The van der Waals surface area contributed by atoms with E-state index in [9.17, 15) is 45.5 Å². The molecule has 4 aromatic rings. The van der Waals surface area contributed by atoms with Gasteiger partial charge in [-0.2, -0.15) is 26.3 Å². The van der Waals surface area contributed by atoms with Gasteiger partial charge in [0.05, 0.1) is 39.4 Å². The second-order valence-electron chi connectivity index (χ2n) is 13.0. The van der Waals surface area contributed by atoms with Crippen molar-refractivity contribution in [1.82, 2.24) is 4.98 Å². The average molecular weight is 780 g/mol. The largest absolute Gasteiger partial charge is 0.483 e. The summed E-state index contributed by atoms with van der Waals surface area (Å²) >= 11 is 8.78. The number of hydrogen-bond donors (Lipinski definition) is 2. The minimum absolute atomic E-state index is 0.153. The van der Waals surface area contributed by atoms with Gasteiger partial charge in [-0.05, 0) is 66.6 Å². The molecule has 7 atom stereocenters. The molecule has 3 heterocycles. The van der Waals surface area contributed by atoms with E-state index in [0.29, 0.717) is 26.8 Å². The van der Waals surface area contributed by atoms with Gasteiger partial charge in [-0.15, -0.1) is 11.8 Å². The van der Waals surface area contributed by atoms with Gasteiger partial charge in [0.15, 0.2) is 6.61 Å². The Morgan fingerprint density at radius 3 is 2.27 bits per heavy atom. The lowest BCUT2D eigenvalue weighted by molar-refractivity contribution is -0.138. The number of rotatable bonds is 6. The zero-order chi connectivity index (χ0) is 36.9. The van der Waals surface area contributed by atoms with Crippen molar-refractivity contribution in [3.8, 4) is 5.75 Å². The quantitative estimate of drug-likeness (QED) is 0.153. The van der Waals surface area contributed by atoms with Crippen molar-refractivity contribution in [1.29, 1.82) is 0 Å². The Labute approximate surface area is 303 Å². The fourth-order valence-corrected chi connectivity index (χ4v) is 11.6. The van der Waals surface area contributed by atoms with E-state index in [1.54, 1.807) is 6.07 Å². The van der Waals surface area contributed by atoms with Crippen molar-refractivity contribution in [2.75, 3.05) is 16.8 Å². The molecule has 4 unspecified atom stereocenters. The molecule has 2 N–H and O–H groups in total. The van der Waals surface area contributed by atoms with Crippen LogP contribution in [0.25, 0.3) is 0 Å². The molecule has 3 fully saturated rings. The van der Waals surface area contributed by atoms with Crippen molar-refractivity contribution >= 4 is 63.8 Å². The van der Waals surface area contributed by atoms with E-state index in [0.717, 1.165) is 35.6 Å². The number of anilines is 2. The molecular formula is C35H24ClF6N3O5S2. The number of alkyl halides is 6. The lowest BCUT2D eigenvalue weighted by Gasteiger charge is -2.43. The first-order valence-electron chi connectivity index (χ1n) is 16.0. The van der Waals surface area contributed by atoms with Gasteiger partial charge >= 0.3 is 17.2 Å². The second-order valence-corrected chi connectivity index (χ2v) is 15.7. The number of fused-ring (bicyclic) bond motifs is 9. The van der Waals surface area contributed by atoms with Crippen molar-refractivity contribution < 1.29 is 45.5 Å². The molecule has 0 radical (unpaired) electrons. The van der Waals surface area contributed by atoms with Crippen LogP contribution in [0.3, 0.4) is 0 Å². The number of carbonyl (C=O) groups is 3. The number of imide groups is 1. The Balaban J connectivity index is 1.14. The lowest BCUT2D eigenvalue weighted by Crippen LogP contribution is -2.42. The highest BCUT2D eigenvalue weighted by Crippen LogP contribution is 2.69. The van der Waals surface area contributed by atoms with E-state index < -0.39 is 94.7 Å². The topological polar surface area (TPSA) is 109 Å². The maximum absolute atomic E-state index is 14.1. The van der Waals surface area contributed by atoms with E-state index in [4.69, 9.17) is 16.3 Å². The van der Waals surface area contributed by atoms with Gasteiger partial charge in [0.1, 0.15) is 5.75 Å². The highest BCUT2D eigenvalue weighted by molar-refractivity contribution is 8.00. The number of H-pyrrole nitrogens is 1. The number of para-hydroxylation sites is 2. The van der Waals surface area contributed by atoms with Crippen molar-refractivity contribution in [3.05, 3.63) is 103 Å². The van der Waals surface area contributed by atoms with Gasteiger partial charge in [-0.1, -0.05) is 47.2 Å². The summed E-state index contributed by atoms with van der Waals surface area (Å²) in [5.74, 6) is -5.85. The molecule has 2 bridgehead atoms. The fraction of sp³-hybridized carbons (Fsp3) is 0.314. The molecule has 3 aromatic carbocycles. The molecule has 1 saturated heterocycles. The number of thiazole rings is 1. The van der Waals surface area contributed by atoms with Crippen LogP contribution in [0.15, 0.2) is 76.6 Å². The molecule has 4 aliphatic rings. The smallest absolute Gasteiger partial charge is 0.418 e. The van der Waals surface area contributed by atoms with Crippen LogP contribution in [0.2, 0.25) is 5.02 Å². The van der Waals surface area contributed by atoms with E-state index in [1.165, 1.54) is 48.2 Å². The first-order chi connectivity index (χ1) is 24.6. The van der Waals surface area contributed by atoms with Crippen LogP contribution in [0.1, 0.15) is 33.9 Å². The Morgan fingerprint density at radius 1 is 0.904 bits per heavy atom. The summed E-state index contributed by atoms with van der Waals surface area (Å²) in [6, 6.07) is 13.5. The van der Waals surface area contributed by atoms with E-state index >= 15 is 0 Å². The van der Waals surface area contributed by atoms with Crippen LogP contribution >= 0.6 is 34.7 Å². The molecule has 52 heavy (non-hydrogen) atoms. The predicted octanol–water partition coefficient (Wildman–Crippen LogP) is 7.82. The number of aromatic amines is 1. The summed E-state index contributed by atoms with van der Waals surface area (Å²) in [6.45, 7) is -0.691. The summed E-state index contributed by atoms with van der Waals surface area (Å²) in [4.78, 5) is 57.4. The number of nitrogens with zero attached hydrogens (tertiary/aromatic N) is 1. The maximum atomic E-state index is 14.1. The van der Waals surface area contributed by atoms with Gasteiger partial charge in [0, 0.05) is 26.6 Å². The normalized spacial score (nSPS) is 26.3. The zero-order valence-electron chi connectivity index (χ0n) is 26.3. The van der Waals surface area contributed by atoms with E-state index in [1.807, 2.05) is 0 Å². The summed E-state index contributed by atoms with van der Waals surface area (Å²) in [6.07, 6.45) is -9.09.